The van der Waals surface area contributed by atoms with Gasteiger partial charge in [-0.2, -0.15) is 13.2 Å². The second-order valence-corrected chi connectivity index (χ2v) is 10.2. The molecule has 0 atom stereocenters. The number of benzene rings is 2. The van der Waals surface area contributed by atoms with Gasteiger partial charge in [0.2, 0.25) is 0 Å². The third kappa shape index (κ3) is 6.68. The lowest BCUT2D eigenvalue weighted by atomic mass is 10.2. The van der Waals surface area contributed by atoms with Crippen LogP contribution in [0.1, 0.15) is 11.3 Å². The van der Waals surface area contributed by atoms with Crippen LogP contribution in [0.3, 0.4) is 0 Å². The summed E-state index contributed by atoms with van der Waals surface area (Å²) in [6.07, 6.45) is -3.76. The van der Waals surface area contributed by atoms with Gasteiger partial charge in [-0.15, -0.1) is 0 Å². The molecule has 0 aliphatic carbocycles. The van der Waals surface area contributed by atoms with E-state index < -0.39 is 70.6 Å². The van der Waals surface area contributed by atoms with E-state index in [1.165, 1.54) is 18.2 Å². The van der Waals surface area contributed by atoms with Crippen LogP contribution < -0.4 is 16.0 Å². The molecule has 0 unspecified atom stereocenters. The molecule has 1 amide bonds. The molecule has 12 nitrogen and oxygen atoms in total. The number of carboxylic acid groups (broad SMARTS) is 2. The Morgan fingerprint density at radius 1 is 1.09 bits per heavy atom. The van der Waals surface area contributed by atoms with Gasteiger partial charge in [-0.1, -0.05) is 29.8 Å². The van der Waals surface area contributed by atoms with Gasteiger partial charge >= 0.3 is 23.8 Å². The minimum absolute atomic E-state index is 0.0809. The molecule has 0 bridgehead atoms. The molecule has 2 aromatic carbocycles. The lowest BCUT2D eigenvalue weighted by molar-refractivity contribution is -0.144. The summed E-state index contributed by atoms with van der Waals surface area (Å²) < 4.78 is 60.2. The van der Waals surface area contributed by atoms with E-state index in [4.69, 9.17) is 21.4 Å². The van der Waals surface area contributed by atoms with Crippen molar-refractivity contribution in [3.05, 3.63) is 90.3 Å². The Morgan fingerprint density at radius 2 is 1.77 bits per heavy atom. The summed E-state index contributed by atoms with van der Waals surface area (Å²) in [6, 6.07) is 7.58. The van der Waals surface area contributed by atoms with E-state index in [0.29, 0.717) is 17.8 Å². The second-order valence-electron chi connectivity index (χ2n) is 8.81. The number of aromatic nitrogens is 2. The highest BCUT2D eigenvalue weighted by atomic mass is 35.5. The highest BCUT2D eigenvalue weighted by Crippen LogP contribution is 2.38. The Morgan fingerprint density at radius 3 is 2.41 bits per heavy atom. The number of thioether (sulfide) groups is 1. The third-order valence-electron chi connectivity index (χ3n) is 5.82. The monoisotopic (exact) mass is 656 g/mol. The number of hydrogen-bond donors (Lipinski definition) is 2. The molecule has 3 aromatic rings. The maximum Gasteiger partial charge on any atom is 0.431 e. The standard InChI is InChI=1S/C26H17ClF4N4O8S/c1-33-19(26(29,30)31)9-20(36)35(25(33)42)16-8-15(13(27)7-14(16)28)32-24-34(10-21(37)38)23(41)18(44-24)6-12-4-2-3-5-17(12)43-11-22(39)40/h2-9H,10-11H2,1H3,(H,37,38)(H,39,40)/b18-6+,32-24-. The summed E-state index contributed by atoms with van der Waals surface area (Å²) in [5, 5.41) is 17.6. The van der Waals surface area contributed by atoms with Gasteiger partial charge in [-0.3, -0.25) is 23.9 Å². The van der Waals surface area contributed by atoms with Gasteiger partial charge in [0.05, 0.1) is 21.3 Å². The van der Waals surface area contributed by atoms with Crippen LogP contribution in [-0.4, -0.2) is 60.4 Å². The molecule has 2 N–H and O–H groups in total. The molecule has 0 radical (unpaired) electrons. The quantitative estimate of drug-likeness (QED) is 0.273. The van der Waals surface area contributed by atoms with E-state index in [2.05, 4.69) is 4.99 Å². The first-order valence-corrected chi connectivity index (χ1v) is 13.1. The van der Waals surface area contributed by atoms with Crippen LogP contribution in [0.15, 0.2) is 62.0 Å². The van der Waals surface area contributed by atoms with Crippen molar-refractivity contribution in [1.82, 2.24) is 14.0 Å². The Hall–Kier alpha value is -4.90. The lowest BCUT2D eigenvalue weighted by Gasteiger charge is -2.15. The Bertz CT molecular complexity index is 1890. The van der Waals surface area contributed by atoms with Gasteiger partial charge < -0.3 is 14.9 Å². The lowest BCUT2D eigenvalue weighted by Crippen LogP contribution is -2.41. The van der Waals surface area contributed by atoms with E-state index in [-0.39, 0.29) is 42.3 Å². The van der Waals surface area contributed by atoms with E-state index in [0.717, 1.165) is 18.0 Å². The highest BCUT2D eigenvalue weighted by Gasteiger charge is 2.36. The van der Waals surface area contributed by atoms with E-state index in [1.807, 2.05) is 0 Å². The average Bonchev–Trinajstić information content (AvgIpc) is 3.20. The molecule has 1 aliphatic rings. The van der Waals surface area contributed by atoms with Crippen molar-refractivity contribution in [1.29, 1.82) is 0 Å². The first kappa shape index (κ1) is 32.0. The molecule has 1 aromatic heterocycles. The zero-order valence-electron chi connectivity index (χ0n) is 22.0. The van der Waals surface area contributed by atoms with Gasteiger partial charge in [0.15, 0.2) is 11.8 Å². The number of hydrogen-bond acceptors (Lipinski definition) is 8. The number of amidine groups is 1. The predicted octanol–water partition coefficient (Wildman–Crippen LogP) is 3.50. The molecule has 2 heterocycles. The molecule has 4 rings (SSSR count). The fraction of sp³-hybridized carbons (Fsp3) is 0.154. The van der Waals surface area contributed by atoms with Crippen molar-refractivity contribution in [2.24, 2.45) is 12.0 Å². The van der Waals surface area contributed by atoms with Crippen LogP contribution in [0.25, 0.3) is 11.8 Å². The fourth-order valence-electron chi connectivity index (χ4n) is 3.88. The third-order valence-corrected chi connectivity index (χ3v) is 7.13. The normalized spacial score (nSPS) is 15.3. The van der Waals surface area contributed by atoms with E-state index in [1.54, 1.807) is 12.1 Å². The Labute approximate surface area is 252 Å². The number of para-hydroxylation sites is 1. The molecule has 1 fully saturated rings. The number of carbonyl (C=O) groups excluding carboxylic acids is 1. The second kappa shape index (κ2) is 12.4. The van der Waals surface area contributed by atoms with Crippen molar-refractivity contribution in [3.63, 3.8) is 0 Å². The Kier molecular flexibility index (Phi) is 9.01. The topological polar surface area (TPSA) is 160 Å². The van der Waals surface area contributed by atoms with Gasteiger partial charge in [0.1, 0.15) is 23.8 Å². The first-order chi connectivity index (χ1) is 20.6. The molecule has 230 valence electrons. The SMILES string of the molecule is Cn1c(C(F)(F)F)cc(=O)n(-c2cc(/N=C3\S/C(=C/c4ccccc4OCC(=O)O)C(=O)N3CC(=O)O)c(Cl)cc2F)c1=O. The summed E-state index contributed by atoms with van der Waals surface area (Å²) in [7, 11) is 0.735. The summed E-state index contributed by atoms with van der Waals surface area (Å²) in [4.78, 5) is 65.7. The maximum atomic E-state index is 15.0. The molecule has 18 heteroatoms. The van der Waals surface area contributed by atoms with Gasteiger partial charge in [0, 0.05) is 18.7 Å². The molecule has 0 spiro atoms. The zero-order chi connectivity index (χ0) is 32.5. The van der Waals surface area contributed by atoms with E-state index >= 15 is 0 Å². The van der Waals surface area contributed by atoms with Crippen molar-refractivity contribution in [2.45, 2.75) is 6.18 Å². The van der Waals surface area contributed by atoms with Crippen molar-refractivity contribution in [3.8, 4) is 11.4 Å². The van der Waals surface area contributed by atoms with Crippen LogP contribution in [0.2, 0.25) is 5.02 Å². The summed E-state index contributed by atoms with van der Waals surface area (Å²) in [5.41, 5.74) is -5.52. The number of aliphatic carboxylic acids is 2. The minimum atomic E-state index is -5.06. The molecular formula is C26H17ClF4N4O8S. The summed E-state index contributed by atoms with van der Waals surface area (Å²) in [5.74, 6) is -4.71. The number of amides is 1. The average molecular weight is 657 g/mol. The van der Waals surface area contributed by atoms with E-state index in [9.17, 15) is 46.6 Å². The minimum Gasteiger partial charge on any atom is -0.481 e. The summed E-state index contributed by atoms with van der Waals surface area (Å²) in [6.45, 7) is -1.57. The van der Waals surface area contributed by atoms with Crippen LogP contribution in [-0.2, 0) is 27.6 Å². The molecule has 1 aliphatic heterocycles. The van der Waals surface area contributed by atoms with Crippen molar-refractivity contribution in [2.75, 3.05) is 13.2 Å². The predicted molar refractivity (Wildman–Crippen MR) is 149 cm³/mol. The molecular weight excluding hydrogens is 640 g/mol. The number of carbonyl (C=O) groups is 3. The zero-order valence-corrected chi connectivity index (χ0v) is 23.5. The highest BCUT2D eigenvalue weighted by molar-refractivity contribution is 8.18. The number of aliphatic imine (C=N–C) groups is 1. The number of carboxylic acids is 2. The van der Waals surface area contributed by atoms with Crippen LogP contribution in [0, 0.1) is 5.82 Å². The fourth-order valence-corrected chi connectivity index (χ4v) is 5.06. The van der Waals surface area contributed by atoms with Crippen LogP contribution >= 0.6 is 23.4 Å². The van der Waals surface area contributed by atoms with Crippen molar-refractivity contribution < 1.29 is 46.9 Å². The number of alkyl halides is 3. The Balaban J connectivity index is 1.82. The molecule has 44 heavy (non-hydrogen) atoms. The number of ether oxygens (including phenoxy) is 1. The smallest absolute Gasteiger partial charge is 0.431 e. The maximum absolute atomic E-state index is 15.0. The van der Waals surface area contributed by atoms with Crippen LogP contribution in [0.4, 0.5) is 23.2 Å². The molecule has 1 saturated heterocycles. The first-order valence-electron chi connectivity index (χ1n) is 11.9. The molecule has 0 saturated carbocycles. The largest absolute Gasteiger partial charge is 0.481 e. The number of nitrogens with zero attached hydrogens (tertiary/aromatic N) is 4. The number of halogens is 5. The van der Waals surface area contributed by atoms with Gasteiger partial charge in [-0.25, -0.2) is 23.5 Å². The summed E-state index contributed by atoms with van der Waals surface area (Å²) >= 11 is 6.79. The van der Waals surface area contributed by atoms with Gasteiger partial charge in [-0.05, 0) is 36.0 Å². The number of rotatable bonds is 8. The van der Waals surface area contributed by atoms with Crippen LogP contribution in [0.5, 0.6) is 5.75 Å². The van der Waals surface area contributed by atoms with Gasteiger partial charge in [0.25, 0.3) is 11.5 Å². The van der Waals surface area contributed by atoms with Crippen molar-refractivity contribution >= 4 is 58.1 Å².